The van der Waals surface area contributed by atoms with Gasteiger partial charge in [-0.2, -0.15) is 0 Å². The molecule has 0 bridgehead atoms. The number of sulfonamides is 1. The summed E-state index contributed by atoms with van der Waals surface area (Å²) in [6.45, 7) is 5.70. The maximum Gasteiger partial charge on any atom is 0.248 e. The molecule has 0 aromatic heterocycles. The minimum atomic E-state index is -3.84. The Morgan fingerprint density at radius 1 is 1.14 bits per heavy atom. The van der Waals surface area contributed by atoms with Gasteiger partial charge in [0.05, 0.1) is 17.0 Å². The van der Waals surface area contributed by atoms with Crippen LogP contribution in [-0.4, -0.2) is 26.6 Å². The van der Waals surface area contributed by atoms with Crippen LogP contribution in [0, 0.1) is 5.82 Å². The average Bonchev–Trinajstić information content (AvgIpc) is 2.67. The Labute approximate surface area is 176 Å². The first-order chi connectivity index (χ1) is 13.6. The highest BCUT2D eigenvalue weighted by Gasteiger charge is 2.32. The number of rotatable bonds is 8. The van der Waals surface area contributed by atoms with Gasteiger partial charge in [-0.15, -0.1) is 0 Å². The van der Waals surface area contributed by atoms with Crippen molar-refractivity contribution >= 4 is 38.9 Å². The lowest BCUT2D eigenvalue weighted by atomic mass is 10.0. The van der Waals surface area contributed by atoms with Crippen molar-refractivity contribution in [1.82, 2.24) is 0 Å². The van der Waals surface area contributed by atoms with Crippen molar-refractivity contribution in [1.29, 1.82) is 0 Å². The molecule has 0 radical (unpaired) electrons. The molecular weight excluding hydrogens is 415 g/mol. The molecule has 0 aliphatic heterocycles. The Balaban J connectivity index is 2.48. The van der Waals surface area contributed by atoms with E-state index in [2.05, 4.69) is 5.32 Å². The fourth-order valence-corrected chi connectivity index (χ4v) is 4.67. The molecule has 1 amide bonds. The number of hydrogen-bond donors (Lipinski definition) is 1. The summed E-state index contributed by atoms with van der Waals surface area (Å²) in [5.41, 5.74) is 2.80. The summed E-state index contributed by atoms with van der Waals surface area (Å²) in [5, 5.41) is 2.72. The third kappa shape index (κ3) is 5.28. The third-order valence-electron chi connectivity index (χ3n) is 4.73. The monoisotopic (exact) mass is 440 g/mol. The zero-order chi connectivity index (χ0) is 21.8. The number of carbonyl (C=O) groups is 1. The van der Waals surface area contributed by atoms with E-state index in [0.717, 1.165) is 40.6 Å². The van der Waals surface area contributed by atoms with Gasteiger partial charge in [-0.25, -0.2) is 12.8 Å². The van der Waals surface area contributed by atoms with E-state index >= 15 is 0 Å². The topological polar surface area (TPSA) is 66.5 Å². The smallest absolute Gasteiger partial charge is 0.248 e. The van der Waals surface area contributed by atoms with Crippen LogP contribution in [0.4, 0.5) is 15.8 Å². The summed E-state index contributed by atoms with van der Waals surface area (Å²) in [5.74, 6) is -1.11. The molecule has 2 rings (SSSR count). The molecular formula is C21H26ClFN2O3S. The Morgan fingerprint density at radius 2 is 1.72 bits per heavy atom. The number of carbonyl (C=O) groups excluding carboxylic acids is 1. The molecule has 0 aliphatic rings. The van der Waals surface area contributed by atoms with Gasteiger partial charge in [0.25, 0.3) is 0 Å². The molecule has 0 heterocycles. The first-order valence-electron chi connectivity index (χ1n) is 9.50. The average molecular weight is 441 g/mol. The number of para-hydroxylation sites is 1. The van der Waals surface area contributed by atoms with Crippen LogP contribution in [0.1, 0.15) is 38.3 Å². The van der Waals surface area contributed by atoms with Crippen LogP contribution in [0.3, 0.4) is 0 Å². The van der Waals surface area contributed by atoms with Crippen LogP contribution >= 0.6 is 11.6 Å². The van der Waals surface area contributed by atoms with Gasteiger partial charge in [0.1, 0.15) is 11.9 Å². The van der Waals surface area contributed by atoms with E-state index in [4.69, 9.17) is 11.6 Å². The number of nitrogens with zero attached hydrogens (tertiary/aromatic N) is 1. The molecule has 2 aromatic rings. The van der Waals surface area contributed by atoms with Gasteiger partial charge in [-0.1, -0.05) is 50.6 Å². The SMILES string of the molecule is CCc1cccc(CC)c1NC(=O)C(CC)N(c1ccc(F)c(Cl)c1)S(C)(=O)=O. The lowest BCUT2D eigenvalue weighted by Crippen LogP contribution is -2.47. The van der Waals surface area contributed by atoms with Crippen molar-refractivity contribution in [3.8, 4) is 0 Å². The molecule has 5 nitrogen and oxygen atoms in total. The van der Waals surface area contributed by atoms with Gasteiger partial charge < -0.3 is 5.32 Å². The molecule has 8 heteroatoms. The number of amides is 1. The van der Waals surface area contributed by atoms with Gasteiger partial charge in [-0.05, 0) is 48.6 Å². The second kappa shape index (κ2) is 9.59. The number of benzene rings is 2. The van der Waals surface area contributed by atoms with Crippen molar-refractivity contribution < 1.29 is 17.6 Å². The van der Waals surface area contributed by atoms with E-state index in [-0.39, 0.29) is 17.1 Å². The largest absolute Gasteiger partial charge is 0.324 e. The molecule has 2 aromatic carbocycles. The summed E-state index contributed by atoms with van der Waals surface area (Å²) in [4.78, 5) is 13.2. The van der Waals surface area contributed by atoms with Crippen LogP contribution in [0.5, 0.6) is 0 Å². The third-order valence-corrected chi connectivity index (χ3v) is 6.20. The molecule has 29 heavy (non-hydrogen) atoms. The summed E-state index contributed by atoms with van der Waals surface area (Å²) < 4.78 is 39.7. The van der Waals surface area contributed by atoms with Crippen molar-refractivity contribution in [2.75, 3.05) is 15.9 Å². The van der Waals surface area contributed by atoms with Crippen molar-refractivity contribution in [2.45, 2.75) is 46.1 Å². The zero-order valence-electron chi connectivity index (χ0n) is 17.0. The molecule has 1 unspecified atom stereocenters. The Hall–Kier alpha value is -2.12. The van der Waals surface area contributed by atoms with Crippen LogP contribution in [0.25, 0.3) is 0 Å². The van der Waals surface area contributed by atoms with Gasteiger partial charge in [0.15, 0.2) is 0 Å². The van der Waals surface area contributed by atoms with E-state index in [1.807, 2.05) is 32.0 Å². The first-order valence-corrected chi connectivity index (χ1v) is 11.7. The van der Waals surface area contributed by atoms with Crippen molar-refractivity contribution in [3.63, 3.8) is 0 Å². The highest BCUT2D eigenvalue weighted by Crippen LogP contribution is 2.29. The summed E-state index contributed by atoms with van der Waals surface area (Å²) in [7, 11) is -3.84. The van der Waals surface area contributed by atoms with Crippen LogP contribution < -0.4 is 9.62 Å². The van der Waals surface area contributed by atoms with E-state index in [9.17, 15) is 17.6 Å². The number of halogens is 2. The predicted molar refractivity (Wildman–Crippen MR) is 117 cm³/mol. The highest BCUT2D eigenvalue weighted by atomic mass is 35.5. The predicted octanol–water partition coefficient (Wildman–Crippen LogP) is 4.79. The number of anilines is 2. The lowest BCUT2D eigenvalue weighted by Gasteiger charge is -2.30. The van der Waals surface area contributed by atoms with Gasteiger partial charge in [0, 0.05) is 5.69 Å². The van der Waals surface area contributed by atoms with Crippen LogP contribution in [-0.2, 0) is 27.7 Å². The maximum absolute atomic E-state index is 13.6. The molecule has 0 spiro atoms. The Bertz CT molecular complexity index is 973. The molecule has 0 saturated carbocycles. The van der Waals surface area contributed by atoms with Gasteiger partial charge >= 0.3 is 0 Å². The molecule has 158 valence electrons. The van der Waals surface area contributed by atoms with E-state index in [1.54, 1.807) is 6.92 Å². The Morgan fingerprint density at radius 3 is 2.17 bits per heavy atom. The quantitative estimate of drug-likeness (QED) is 0.641. The molecule has 1 atom stereocenters. The zero-order valence-corrected chi connectivity index (χ0v) is 18.6. The molecule has 0 saturated heterocycles. The number of hydrogen-bond acceptors (Lipinski definition) is 3. The molecule has 0 aliphatic carbocycles. The first kappa shape index (κ1) is 23.2. The summed E-state index contributed by atoms with van der Waals surface area (Å²) in [6, 6.07) is 8.39. The van der Waals surface area contributed by atoms with E-state index < -0.39 is 27.8 Å². The van der Waals surface area contributed by atoms with Gasteiger partial charge in [0.2, 0.25) is 15.9 Å². The van der Waals surface area contributed by atoms with Crippen LogP contribution in [0.15, 0.2) is 36.4 Å². The van der Waals surface area contributed by atoms with Gasteiger partial charge in [-0.3, -0.25) is 9.10 Å². The van der Waals surface area contributed by atoms with E-state index in [1.165, 1.54) is 12.1 Å². The van der Waals surface area contributed by atoms with Crippen molar-refractivity contribution in [3.05, 3.63) is 58.4 Å². The lowest BCUT2D eigenvalue weighted by molar-refractivity contribution is -0.117. The molecule has 0 fully saturated rings. The molecule has 1 N–H and O–H groups in total. The second-order valence-corrected chi connectivity index (χ2v) is 9.00. The second-order valence-electron chi connectivity index (χ2n) is 6.73. The number of aryl methyl sites for hydroxylation is 2. The highest BCUT2D eigenvalue weighted by molar-refractivity contribution is 7.92. The normalized spacial score (nSPS) is 12.5. The number of nitrogens with one attached hydrogen (secondary N) is 1. The standard InChI is InChI=1S/C21H26ClFN2O3S/c1-5-14-9-8-10-15(6-2)20(14)24-21(26)19(7-3)25(29(4,27)28)16-11-12-18(23)17(22)13-16/h8-13,19H,5-7H2,1-4H3,(H,24,26). The van der Waals surface area contributed by atoms with E-state index in [0.29, 0.717) is 5.69 Å². The fraction of sp³-hybridized carbons (Fsp3) is 0.381. The minimum Gasteiger partial charge on any atom is -0.324 e. The summed E-state index contributed by atoms with van der Waals surface area (Å²) in [6.07, 6.45) is 2.69. The minimum absolute atomic E-state index is 0.139. The fourth-order valence-electron chi connectivity index (χ4n) is 3.29. The summed E-state index contributed by atoms with van der Waals surface area (Å²) >= 11 is 5.85. The Kier molecular flexibility index (Phi) is 7.66. The van der Waals surface area contributed by atoms with Crippen molar-refractivity contribution in [2.24, 2.45) is 0 Å². The maximum atomic E-state index is 13.6. The van der Waals surface area contributed by atoms with Crippen LogP contribution in [0.2, 0.25) is 5.02 Å².